The molecule has 4 N–H and O–H groups in total. The number of rotatable bonds is 5. The van der Waals surface area contributed by atoms with Crippen LogP contribution in [0.2, 0.25) is 0 Å². The molecule has 0 bridgehead atoms. The van der Waals surface area contributed by atoms with Gasteiger partial charge in [0, 0.05) is 45.7 Å². The van der Waals surface area contributed by atoms with Crippen molar-refractivity contribution < 1.29 is 0 Å². The van der Waals surface area contributed by atoms with Gasteiger partial charge in [-0.05, 0) is 14.1 Å². The Morgan fingerprint density at radius 3 is 1.30 bits per heavy atom. The fourth-order valence-corrected chi connectivity index (χ4v) is 1.91. The van der Waals surface area contributed by atoms with E-state index >= 15 is 0 Å². The molecule has 0 saturated heterocycles. The first kappa shape index (κ1) is 11.3. The average molecular weight is 370 g/mol. The van der Waals surface area contributed by atoms with E-state index in [0.717, 1.165) is 0 Å². The van der Waals surface area contributed by atoms with Gasteiger partial charge in [0.25, 0.3) is 0 Å². The Kier molecular flexibility index (Phi) is 7.88. The van der Waals surface area contributed by atoms with Gasteiger partial charge < -0.3 is 10.6 Å². The van der Waals surface area contributed by atoms with Crippen molar-refractivity contribution in [3.05, 3.63) is 0 Å². The summed E-state index contributed by atoms with van der Waals surface area (Å²) in [6, 6.07) is 0. The summed E-state index contributed by atoms with van der Waals surface area (Å²) in [5.41, 5.74) is 0. The lowest BCUT2D eigenvalue weighted by Gasteiger charge is -2.23. The highest BCUT2D eigenvalue weighted by molar-refractivity contribution is 14.1. The highest BCUT2D eigenvalue weighted by atomic mass is 127. The molecule has 62 valence electrons. The molecule has 0 heterocycles. The van der Waals surface area contributed by atoms with Gasteiger partial charge in [-0.15, -0.1) is 0 Å². The molecule has 10 heavy (non-hydrogen) atoms. The summed E-state index contributed by atoms with van der Waals surface area (Å²) in [6.45, 7) is 0. The third-order valence-corrected chi connectivity index (χ3v) is 2.53. The molecule has 0 amide bonds. The lowest BCUT2D eigenvalue weighted by atomic mass is 10.4. The summed E-state index contributed by atoms with van der Waals surface area (Å²) in [5.74, 6) is 0. The van der Waals surface area contributed by atoms with E-state index in [0.29, 0.717) is 0 Å². The molecular weight excluding hydrogens is 358 g/mol. The molecule has 0 aliphatic heterocycles. The third-order valence-electron chi connectivity index (χ3n) is 1.19. The van der Waals surface area contributed by atoms with Crippen LogP contribution in [0.5, 0.6) is 0 Å². The maximum atomic E-state index is 3.11. The Morgan fingerprint density at radius 2 is 1.20 bits per heavy atom. The fourth-order valence-electron chi connectivity index (χ4n) is 0.568. The topological polar surface area (TPSA) is 48.1 Å². The molecule has 0 aliphatic carbocycles. The maximum absolute atomic E-state index is 3.11. The summed E-state index contributed by atoms with van der Waals surface area (Å²) in [7, 11) is 3.82. The maximum Gasteiger partial charge on any atom is 0.0954 e. The van der Waals surface area contributed by atoms with Crippen molar-refractivity contribution in [2.45, 2.75) is 12.3 Å². The van der Waals surface area contributed by atoms with E-state index in [1.54, 1.807) is 0 Å². The molecule has 0 aromatic carbocycles. The molecule has 2 atom stereocenters. The predicted molar refractivity (Wildman–Crippen MR) is 60.0 cm³/mol. The summed E-state index contributed by atoms with van der Waals surface area (Å²) in [6.07, 6.45) is 0.477. The zero-order valence-corrected chi connectivity index (χ0v) is 10.2. The fraction of sp³-hybridized carbons (Fsp3) is 1.00. The standard InChI is InChI=1S/C4H12I2N4/c1-7-3(9-5)4(8-2)10-6/h3-4,7-10H,1-2H3. The highest BCUT2D eigenvalue weighted by Gasteiger charge is 2.14. The van der Waals surface area contributed by atoms with Crippen molar-refractivity contribution in [3.63, 3.8) is 0 Å². The molecule has 6 heteroatoms. The summed E-state index contributed by atoms with van der Waals surface area (Å²) in [4.78, 5) is 0. The smallest absolute Gasteiger partial charge is 0.0954 e. The number of halogens is 2. The van der Waals surface area contributed by atoms with Crippen LogP contribution in [0, 0.1) is 0 Å². The molecule has 4 nitrogen and oxygen atoms in total. The van der Waals surface area contributed by atoms with Gasteiger partial charge in [0.1, 0.15) is 0 Å². The van der Waals surface area contributed by atoms with Crippen molar-refractivity contribution >= 4 is 45.7 Å². The van der Waals surface area contributed by atoms with Gasteiger partial charge in [0.05, 0.1) is 12.3 Å². The number of hydrogen-bond acceptors (Lipinski definition) is 4. The SMILES string of the molecule is CNC(NI)C(NC)NI. The van der Waals surface area contributed by atoms with Crippen LogP contribution in [-0.2, 0) is 0 Å². The lowest BCUT2D eigenvalue weighted by Crippen LogP contribution is -2.55. The minimum Gasteiger partial charge on any atom is -0.302 e. The van der Waals surface area contributed by atoms with Gasteiger partial charge in [-0.1, -0.05) is 0 Å². The van der Waals surface area contributed by atoms with Gasteiger partial charge in [0.2, 0.25) is 0 Å². The minimum atomic E-state index is 0.238. The zero-order valence-electron chi connectivity index (χ0n) is 5.91. The first-order valence-electron chi connectivity index (χ1n) is 2.87. The monoisotopic (exact) mass is 370 g/mol. The molecule has 2 unspecified atom stereocenters. The molecular formula is C4H12I2N4. The summed E-state index contributed by atoms with van der Waals surface area (Å²) < 4.78 is 6.17. The zero-order chi connectivity index (χ0) is 7.98. The van der Waals surface area contributed by atoms with Crippen LogP contribution in [0.25, 0.3) is 0 Å². The Morgan fingerprint density at radius 1 is 0.900 bits per heavy atom. The van der Waals surface area contributed by atoms with Gasteiger partial charge >= 0.3 is 0 Å². The molecule has 0 rings (SSSR count). The quantitative estimate of drug-likeness (QED) is 0.312. The van der Waals surface area contributed by atoms with E-state index in [9.17, 15) is 0 Å². The largest absolute Gasteiger partial charge is 0.302 e. The molecule has 0 spiro atoms. The van der Waals surface area contributed by atoms with Crippen LogP contribution >= 0.6 is 45.7 Å². The second kappa shape index (κ2) is 6.98. The van der Waals surface area contributed by atoms with E-state index in [1.165, 1.54) is 0 Å². The van der Waals surface area contributed by atoms with Crippen LogP contribution in [0.1, 0.15) is 0 Å². The molecule has 0 aliphatic rings. The first-order chi connectivity index (χ1) is 4.79. The van der Waals surface area contributed by atoms with Crippen molar-refractivity contribution in [1.82, 2.24) is 17.7 Å². The number of nitrogens with one attached hydrogen (secondary N) is 4. The van der Waals surface area contributed by atoms with Crippen molar-refractivity contribution in [2.75, 3.05) is 14.1 Å². The van der Waals surface area contributed by atoms with E-state index in [4.69, 9.17) is 0 Å². The van der Waals surface area contributed by atoms with Crippen LogP contribution in [0.15, 0.2) is 0 Å². The van der Waals surface area contributed by atoms with E-state index in [-0.39, 0.29) is 12.3 Å². The molecule has 0 aromatic rings. The van der Waals surface area contributed by atoms with E-state index in [2.05, 4.69) is 63.4 Å². The predicted octanol–water partition coefficient (Wildman–Crippen LogP) is -0.0434. The van der Waals surface area contributed by atoms with Crippen molar-refractivity contribution in [2.24, 2.45) is 0 Å². The molecule has 0 saturated carbocycles. The third kappa shape index (κ3) is 3.62. The second-order valence-electron chi connectivity index (χ2n) is 1.75. The Labute approximate surface area is 89.3 Å². The summed E-state index contributed by atoms with van der Waals surface area (Å²) >= 11 is 4.23. The molecule has 0 radical (unpaired) electrons. The number of hydrogen-bond donors (Lipinski definition) is 4. The molecule has 0 aromatic heterocycles. The van der Waals surface area contributed by atoms with E-state index < -0.39 is 0 Å². The van der Waals surface area contributed by atoms with Gasteiger partial charge in [0.15, 0.2) is 0 Å². The van der Waals surface area contributed by atoms with Crippen molar-refractivity contribution in [1.29, 1.82) is 0 Å². The number of likely N-dealkylation sites (N-methyl/N-ethyl adjacent to an activating group) is 2. The Hall–Kier alpha value is 1.30. The Bertz CT molecular complexity index is 63.7. The Balaban J connectivity index is 3.70. The summed E-state index contributed by atoms with van der Waals surface area (Å²) in [5, 5.41) is 6.21. The normalized spacial score (nSPS) is 16.8. The van der Waals surface area contributed by atoms with Gasteiger partial charge in [-0.2, -0.15) is 0 Å². The van der Waals surface area contributed by atoms with Crippen LogP contribution in [0.4, 0.5) is 0 Å². The molecule has 0 fully saturated rings. The van der Waals surface area contributed by atoms with E-state index in [1.807, 2.05) is 14.1 Å². The first-order valence-corrected chi connectivity index (χ1v) is 5.02. The lowest BCUT2D eigenvalue weighted by molar-refractivity contribution is 0.401. The van der Waals surface area contributed by atoms with Crippen LogP contribution in [-0.4, -0.2) is 26.4 Å². The minimum absolute atomic E-state index is 0.238. The average Bonchev–Trinajstić information content (AvgIpc) is 2.00. The van der Waals surface area contributed by atoms with Crippen LogP contribution < -0.4 is 17.7 Å². The van der Waals surface area contributed by atoms with Crippen molar-refractivity contribution in [3.8, 4) is 0 Å². The van der Waals surface area contributed by atoms with Crippen LogP contribution in [0.3, 0.4) is 0 Å². The highest BCUT2D eigenvalue weighted by Crippen LogP contribution is 1.90. The van der Waals surface area contributed by atoms with Gasteiger partial charge in [-0.3, -0.25) is 0 Å². The second-order valence-corrected chi connectivity index (χ2v) is 3.00. The van der Waals surface area contributed by atoms with Gasteiger partial charge in [-0.25, -0.2) is 7.06 Å².